The van der Waals surface area contributed by atoms with Crippen molar-refractivity contribution in [2.24, 2.45) is 0 Å². The van der Waals surface area contributed by atoms with Gasteiger partial charge in [-0.1, -0.05) is 11.6 Å². The van der Waals surface area contributed by atoms with Crippen LogP contribution in [0.2, 0.25) is 5.02 Å². The average Bonchev–Trinajstić information content (AvgIpc) is 2.15. The van der Waals surface area contributed by atoms with Gasteiger partial charge in [0, 0.05) is 0 Å². The maximum atomic E-state index is 12.9. The van der Waals surface area contributed by atoms with Crippen LogP contribution in [0, 0.1) is 0 Å². The fraction of sp³-hybridized carbons (Fsp3) is 0.250. The third kappa shape index (κ3) is 2.32. The van der Waals surface area contributed by atoms with Crippen molar-refractivity contribution < 1.29 is 21.8 Å². The van der Waals surface area contributed by atoms with E-state index in [1.807, 2.05) is 0 Å². The molecule has 7 heteroatoms. The first-order valence-electron chi connectivity index (χ1n) is 3.77. The van der Waals surface area contributed by atoms with Crippen molar-refractivity contribution in [2.75, 3.05) is 14.2 Å². The summed E-state index contributed by atoms with van der Waals surface area (Å²) in [6.07, 6.45) is 0. The summed E-state index contributed by atoms with van der Waals surface area (Å²) in [5.41, 5.74) is 0. The first-order chi connectivity index (χ1) is 6.91. The first-order valence-corrected chi connectivity index (χ1v) is 5.53. The fourth-order valence-electron chi connectivity index (χ4n) is 1.10. The molecule has 0 unspecified atom stereocenters. The molecule has 0 atom stereocenters. The summed E-state index contributed by atoms with van der Waals surface area (Å²) in [4.78, 5) is -0.694. The van der Waals surface area contributed by atoms with Gasteiger partial charge in [0.1, 0.15) is 5.75 Å². The Hall–Kier alpha value is -1.01. The van der Waals surface area contributed by atoms with E-state index in [4.69, 9.17) is 21.1 Å². The molecule has 0 aliphatic heterocycles. The predicted octanol–water partition coefficient (Wildman–Crippen LogP) is 2.02. The van der Waals surface area contributed by atoms with Gasteiger partial charge in [0.15, 0.2) is 10.6 Å². The van der Waals surface area contributed by atoms with Crippen molar-refractivity contribution in [3.8, 4) is 11.5 Å². The minimum atomic E-state index is -4.95. The molecule has 84 valence electrons. The molecule has 0 saturated carbocycles. The molecule has 0 aliphatic rings. The monoisotopic (exact) mass is 254 g/mol. The number of hydrogen-bond donors (Lipinski definition) is 0. The summed E-state index contributed by atoms with van der Waals surface area (Å²) in [7, 11) is -2.54. The Morgan fingerprint density at radius 3 is 2.27 bits per heavy atom. The van der Waals surface area contributed by atoms with Crippen LogP contribution in [0.15, 0.2) is 17.0 Å². The SMILES string of the molecule is COc1ccc(Cl)c(OC)c1S(=O)(=O)F. The maximum Gasteiger partial charge on any atom is 0.339 e. The van der Waals surface area contributed by atoms with Crippen molar-refractivity contribution in [1.82, 2.24) is 0 Å². The Balaban J connectivity index is 3.63. The van der Waals surface area contributed by atoms with Crippen LogP contribution in [0.3, 0.4) is 0 Å². The number of methoxy groups -OCH3 is 2. The van der Waals surface area contributed by atoms with Crippen LogP contribution in [0.5, 0.6) is 11.5 Å². The summed E-state index contributed by atoms with van der Waals surface area (Å²) in [5, 5.41) is -0.00507. The zero-order valence-corrected chi connectivity index (χ0v) is 9.52. The third-order valence-electron chi connectivity index (χ3n) is 1.70. The standard InChI is InChI=1S/C8H8ClFO4S/c1-13-6-4-3-5(9)7(14-2)8(6)15(10,11)12/h3-4H,1-2H3. The van der Waals surface area contributed by atoms with E-state index in [9.17, 15) is 12.3 Å². The molecule has 4 nitrogen and oxygen atoms in total. The van der Waals surface area contributed by atoms with E-state index in [1.165, 1.54) is 26.4 Å². The van der Waals surface area contributed by atoms with E-state index in [0.717, 1.165) is 0 Å². The Labute approximate surface area is 91.8 Å². The van der Waals surface area contributed by atoms with Crippen molar-refractivity contribution in [3.05, 3.63) is 17.2 Å². The molecule has 0 heterocycles. The highest BCUT2D eigenvalue weighted by molar-refractivity contribution is 7.86. The lowest BCUT2D eigenvalue weighted by Crippen LogP contribution is -2.01. The quantitative estimate of drug-likeness (QED) is 0.775. The Morgan fingerprint density at radius 2 is 1.87 bits per heavy atom. The van der Waals surface area contributed by atoms with Gasteiger partial charge < -0.3 is 9.47 Å². The molecule has 0 spiro atoms. The van der Waals surface area contributed by atoms with Gasteiger partial charge in [0.2, 0.25) is 0 Å². The van der Waals surface area contributed by atoms with Crippen molar-refractivity contribution in [3.63, 3.8) is 0 Å². The van der Waals surface area contributed by atoms with Gasteiger partial charge in [-0.3, -0.25) is 0 Å². The molecule has 0 aromatic heterocycles. The average molecular weight is 255 g/mol. The van der Waals surface area contributed by atoms with Crippen LogP contribution < -0.4 is 9.47 Å². The lowest BCUT2D eigenvalue weighted by atomic mass is 10.3. The maximum absolute atomic E-state index is 12.9. The lowest BCUT2D eigenvalue weighted by molar-refractivity contribution is 0.371. The molecule has 1 aromatic rings. The number of ether oxygens (including phenoxy) is 2. The van der Waals surface area contributed by atoms with Crippen LogP contribution in [0.25, 0.3) is 0 Å². The predicted molar refractivity (Wildman–Crippen MR) is 52.8 cm³/mol. The molecular formula is C8H8ClFO4S. The van der Waals surface area contributed by atoms with Gasteiger partial charge in [-0.25, -0.2) is 0 Å². The fourth-order valence-corrected chi connectivity index (χ4v) is 2.20. The Bertz CT molecular complexity index is 472. The van der Waals surface area contributed by atoms with Gasteiger partial charge in [-0.2, -0.15) is 8.42 Å². The van der Waals surface area contributed by atoms with Crippen molar-refractivity contribution in [1.29, 1.82) is 0 Å². The number of benzene rings is 1. The van der Waals surface area contributed by atoms with Gasteiger partial charge >= 0.3 is 10.2 Å². The van der Waals surface area contributed by atoms with Gasteiger partial charge in [-0.15, -0.1) is 3.89 Å². The Kier molecular flexibility index (Phi) is 3.41. The summed E-state index contributed by atoms with van der Waals surface area (Å²) in [5.74, 6) is -0.419. The van der Waals surface area contributed by atoms with Gasteiger partial charge in [-0.05, 0) is 12.1 Å². The van der Waals surface area contributed by atoms with E-state index in [-0.39, 0.29) is 16.5 Å². The van der Waals surface area contributed by atoms with Crippen LogP contribution in [0.4, 0.5) is 3.89 Å². The normalized spacial score (nSPS) is 11.2. The summed E-state index contributed by atoms with van der Waals surface area (Å²) >= 11 is 5.65. The largest absolute Gasteiger partial charge is 0.495 e. The molecule has 0 bridgehead atoms. The van der Waals surface area contributed by atoms with Gasteiger partial charge in [0.25, 0.3) is 0 Å². The molecule has 0 fully saturated rings. The molecule has 0 aliphatic carbocycles. The van der Waals surface area contributed by atoms with Crippen LogP contribution in [-0.2, 0) is 10.2 Å². The van der Waals surface area contributed by atoms with Gasteiger partial charge in [0.05, 0.1) is 19.2 Å². The Morgan fingerprint density at radius 1 is 1.27 bits per heavy atom. The molecule has 0 saturated heterocycles. The topological polar surface area (TPSA) is 52.6 Å². The number of halogens is 2. The highest BCUT2D eigenvalue weighted by Crippen LogP contribution is 2.39. The lowest BCUT2D eigenvalue weighted by Gasteiger charge is -2.10. The molecule has 1 rings (SSSR count). The van der Waals surface area contributed by atoms with E-state index >= 15 is 0 Å². The minimum Gasteiger partial charge on any atom is -0.495 e. The van der Waals surface area contributed by atoms with Crippen molar-refractivity contribution >= 4 is 21.8 Å². The zero-order valence-electron chi connectivity index (χ0n) is 7.95. The van der Waals surface area contributed by atoms with Crippen molar-refractivity contribution in [2.45, 2.75) is 4.90 Å². The van der Waals surface area contributed by atoms with E-state index in [1.54, 1.807) is 0 Å². The second-order valence-corrected chi connectivity index (χ2v) is 4.24. The second kappa shape index (κ2) is 4.24. The van der Waals surface area contributed by atoms with Crippen LogP contribution in [0.1, 0.15) is 0 Å². The van der Waals surface area contributed by atoms with Crippen LogP contribution >= 0.6 is 11.6 Å². The first kappa shape index (κ1) is 12.1. The molecule has 15 heavy (non-hydrogen) atoms. The summed E-state index contributed by atoms with van der Waals surface area (Å²) in [6, 6.07) is 2.60. The number of rotatable bonds is 3. The van der Waals surface area contributed by atoms with E-state index < -0.39 is 15.1 Å². The zero-order chi connectivity index (χ0) is 11.6. The molecule has 0 N–H and O–H groups in total. The minimum absolute atomic E-state index is 0.00507. The second-order valence-electron chi connectivity index (χ2n) is 2.55. The highest BCUT2D eigenvalue weighted by Gasteiger charge is 2.26. The molecule has 0 radical (unpaired) electrons. The molecular weight excluding hydrogens is 247 g/mol. The van der Waals surface area contributed by atoms with E-state index in [0.29, 0.717) is 0 Å². The third-order valence-corrected chi connectivity index (χ3v) is 2.87. The summed E-state index contributed by atoms with van der Waals surface area (Å²) < 4.78 is 44.1. The molecule has 0 amide bonds. The highest BCUT2D eigenvalue weighted by atomic mass is 35.5. The summed E-state index contributed by atoms with van der Waals surface area (Å²) in [6.45, 7) is 0. The number of hydrogen-bond acceptors (Lipinski definition) is 4. The van der Waals surface area contributed by atoms with Crippen LogP contribution in [-0.4, -0.2) is 22.6 Å². The van der Waals surface area contributed by atoms with E-state index in [2.05, 4.69) is 0 Å². The molecule has 1 aromatic carbocycles. The smallest absolute Gasteiger partial charge is 0.339 e.